The van der Waals surface area contributed by atoms with E-state index >= 15 is 0 Å². The number of hydrogen-bond acceptors (Lipinski definition) is 5. The fourth-order valence-electron chi connectivity index (χ4n) is 4.52. The standard InChI is InChI=1S/C20H27N5O2/c26-19(21-11-15-1-2-15)18-23-22-17-3-5-20(14-25(17)18)6-8-24(9-7-20)12-16-4-10-27-13-16/h4,10,13,15H,1-3,5-9,11-12,14H2,(H,21,26). The Balaban J connectivity index is 1.24. The number of nitrogens with zero attached hydrogens (tertiary/aromatic N) is 4. The first kappa shape index (κ1) is 17.0. The third-order valence-corrected chi connectivity index (χ3v) is 6.55. The van der Waals surface area contributed by atoms with Crippen LogP contribution in [0.5, 0.6) is 0 Å². The van der Waals surface area contributed by atoms with Crippen molar-refractivity contribution in [3.63, 3.8) is 0 Å². The Morgan fingerprint density at radius 3 is 2.85 bits per heavy atom. The van der Waals surface area contributed by atoms with Crippen LogP contribution in [0.25, 0.3) is 0 Å². The van der Waals surface area contributed by atoms with Gasteiger partial charge in [0.15, 0.2) is 0 Å². The first-order valence-corrected chi connectivity index (χ1v) is 10.1. The van der Waals surface area contributed by atoms with Gasteiger partial charge in [-0.1, -0.05) is 0 Å². The van der Waals surface area contributed by atoms with Gasteiger partial charge in [-0.25, -0.2) is 0 Å². The number of carbonyl (C=O) groups excluding carboxylic acids is 1. The molecule has 1 saturated heterocycles. The third kappa shape index (κ3) is 3.52. The second-order valence-electron chi connectivity index (χ2n) is 8.59. The molecule has 1 amide bonds. The molecule has 7 heteroatoms. The van der Waals surface area contributed by atoms with E-state index in [-0.39, 0.29) is 11.3 Å². The summed E-state index contributed by atoms with van der Waals surface area (Å²) >= 11 is 0. The fraction of sp³-hybridized carbons (Fsp3) is 0.650. The molecule has 7 nitrogen and oxygen atoms in total. The molecule has 1 N–H and O–H groups in total. The minimum absolute atomic E-state index is 0.0601. The van der Waals surface area contributed by atoms with Gasteiger partial charge in [0.2, 0.25) is 5.82 Å². The molecule has 3 aliphatic rings. The highest BCUT2D eigenvalue weighted by atomic mass is 16.3. The Hall–Kier alpha value is -2.15. The molecule has 2 aliphatic heterocycles. The number of carbonyl (C=O) groups is 1. The summed E-state index contributed by atoms with van der Waals surface area (Å²) in [6, 6.07) is 2.04. The van der Waals surface area contributed by atoms with Gasteiger partial charge in [-0.05, 0) is 62.6 Å². The maximum absolute atomic E-state index is 12.6. The number of fused-ring (bicyclic) bond motifs is 1. The van der Waals surface area contributed by atoms with Crippen LogP contribution in [0.2, 0.25) is 0 Å². The zero-order chi connectivity index (χ0) is 18.3. The van der Waals surface area contributed by atoms with Crippen LogP contribution in [0.15, 0.2) is 23.0 Å². The maximum atomic E-state index is 12.6. The molecule has 2 aromatic rings. The summed E-state index contributed by atoms with van der Waals surface area (Å²) in [5.41, 5.74) is 1.51. The van der Waals surface area contributed by atoms with E-state index < -0.39 is 0 Å². The van der Waals surface area contributed by atoms with Crippen molar-refractivity contribution in [3.8, 4) is 0 Å². The first-order chi connectivity index (χ1) is 13.2. The average Bonchev–Trinajstić information content (AvgIpc) is 3.20. The van der Waals surface area contributed by atoms with E-state index in [0.717, 1.165) is 64.2 Å². The number of likely N-dealkylation sites (tertiary alicyclic amines) is 1. The van der Waals surface area contributed by atoms with Crippen molar-refractivity contribution in [2.24, 2.45) is 11.3 Å². The summed E-state index contributed by atoms with van der Waals surface area (Å²) in [6.45, 7) is 4.78. The summed E-state index contributed by atoms with van der Waals surface area (Å²) < 4.78 is 7.28. The summed E-state index contributed by atoms with van der Waals surface area (Å²) in [4.78, 5) is 15.1. The Labute approximate surface area is 159 Å². The predicted octanol–water partition coefficient (Wildman–Crippen LogP) is 2.24. The van der Waals surface area contributed by atoms with Crippen molar-refractivity contribution in [2.45, 2.75) is 51.6 Å². The van der Waals surface area contributed by atoms with Crippen molar-refractivity contribution < 1.29 is 9.21 Å². The van der Waals surface area contributed by atoms with Crippen LogP contribution in [-0.4, -0.2) is 45.2 Å². The van der Waals surface area contributed by atoms with Gasteiger partial charge >= 0.3 is 0 Å². The lowest BCUT2D eigenvalue weighted by molar-refractivity contribution is 0.0617. The van der Waals surface area contributed by atoms with Gasteiger partial charge in [0, 0.05) is 31.6 Å². The number of aromatic nitrogens is 3. The average molecular weight is 369 g/mol. The lowest BCUT2D eigenvalue weighted by Crippen LogP contribution is -2.44. The van der Waals surface area contributed by atoms with Gasteiger partial charge in [-0.3, -0.25) is 9.69 Å². The molecule has 0 unspecified atom stereocenters. The second kappa shape index (κ2) is 6.78. The Kier molecular flexibility index (Phi) is 4.27. The smallest absolute Gasteiger partial charge is 0.289 e. The van der Waals surface area contributed by atoms with Crippen LogP contribution < -0.4 is 5.32 Å². The Bertz CT molecular complexity index is 800. The van der Waals surface area contributed by atoms with Crippen LogP contribution in [0.4, 0.5) is 0 Å². The molecule has 0 bridgehead atoms. The van der Waals surface area contributed by atoms with E-state index in [1.54, 1.807) is 6.26 Å². The topological polar surface area (TPSA) is 76.2 Å². The highest BCUT2D eigenvalue weighted by molar-refractivity contribution is 5.90. The summed E-state index contributed by atoms with van der Waals surface area (Å²) in [5.74, 6) is 2.09. The van der Waals surface area contributed by atoms with Gasteiger partial charge in [-0.2, -0.15) is 0 Å². The monoisotopic (exact) mass is 369 g/mol. The van der Waals surface area contributed by atoms with Crippen LogP contribution in [0.3, 0.4) is 0 Å². The third-order valence-electron chi connectivity index (χ3n) is 6.55. The molecule has 1 saturated carbocycles. The Morgan fingerprint density at radius 2 is 2.11 bits per heavy atom. The SMILES string of the molecule is O=C(NCC1CC1)c1nnc2n1CC1(CC2)CCN(Cc2ccoc2)CC1. The van der Waals surface area contributed by atoms with Gasteiger partial charge < -0.3 is 14.3 Å². The zero-order valence-electron chi connectivity index (χ0n) is 15.7. The second-order valence-corrected chi connectivity index (χ2v) is 8.59. The minimum atomic E-state index is -0.0601. The van der Waals surface area contributed by atoms with E-state index in [4.69, 9.17) is 4.42 Å². The molecule has 4 heterocycles. The summed E-state index contributed by atoms with van der Waals surface area (Å²) in [6.07, 6.45) is 10.4. The number of furan rings is 1. The predicted molar refractivity (Wildman–Crippen MR) is 99.1 cm³/mol. The molecule has 1 spiro atoms. The van der Waals surface area contributed by atoms with E-state index in [2.05, 4.69) is 25.0 Å². The molecule has 1 aliphatic carbocycles. The molecule has 144 valence electrons. The van der Waals surface area contributed by atoms with Gasteiger partial charge in [0.05, 0.1) is 12.5 Å². The number of hydrogen-bond donors (Lipinski definition) is 1. The van der Waals surface area contributed by atoms with Crippen molar-refractivity contribution in [2.75, 3.05) is 19.6 Å². The molecule has 0 atom stereocenters. The Morgan fingerprint density at radius 1 is 1.26 bits per heavy atom. The summed E-state index contributed by atoms with van der Waals surface area (Å²) in [7, 11) is 0. The molecule has 0 aromatic carbocycles. The van der Waals surface area contributed by atoms with Crippen molar-refractivity contribution in [3.05, 3.63) is 35.8 Å². The van der Waals surface area contributed by atoms with E-state index in [1.165, 1.54) is 18.4 Å². The van der Waals surface area contributed by atoms with Crippen LogP contribution in [-0.2, 0) is 19.5 Å². The van der Waals surface area contributed by atoms with E-state index in [9.17, 15) is 4.79 Å². The quantitative estimate of drug-likeness (QED) is 0.875. The highest BCUT2D eigenvalue weighted by Gasteiger charge is 2.40. The molecule has 5 rings (SSSR count). The molecular weight excluding hydrogens is 342 g/mol. The van der Waals surface area contributed by atoms with Crippen molar-refractivity contribution in [1.29, 1.82) is 0 Å². The lowest BCUT2D eigenvalue weighted by atomic mass is 9.73. The lowest BCUT2D eigenvalue weighted by Gasteiger charge is -2.44. The number of aryl methyl sites for hydroxylation is 1. The maximum Gasteiger partial charge on any atom is 0.289 e. The van der Waals surface area contributed by atoms with Crippen LogP contribution >= 0.6 is 0 Å². The number of rotatable bonds is 5. The number of piperidine rings is 1. The van der Waals surface area contributed by atoms with Crippen molar-refractivity contribution >= 4 is 5.91 Å². The van der Waals surface area contributed by atoms with Gasteiger partial charge in [0.1, 0.15) is 5.82 Å². The van der Waals surface area contributed by atoms with Crippen LogP contribution in [0, 0.1) is 11.3 Å². The molecule has 2 aromatic heterocycles. The fourth-order valence-corrected chi connectivity index (χ4v) is 4.52. The first-order valence-electron chi connectivity index (χ1n) is 10.1. The van der Waals surface area contributed by atoms with Crippen LogP contribution in [0.1, 0.15) is 54.1 Å². The normalized spacial score (nSPS) is 21.9. The number of amides is 1. The number of nitrogens with one attached hydrogen (secondary N) is 1. The van der Waals surface area contributed by atoms with E-state index in [0.29, 0.717) is 11.7 Å². The molecule has 0 radical (unpaired) electrons. The van der Waals surface area contributed by atoms with E-state index in [1.807, 2.05) is 12.3 Å². The highest BCUT2D eigenvalue weighted by Crippen LogP contribution is 2.41. The summed E-state index contributed by atoms with van der Waals surface area (Å²) in [5, 5.41) is 11.6. The van der Waals surface area contributed by atoms with Crippen molar-refractivity contribution in [1.82, 2.24) is 25.0 Å². The molecular formula is C20H27N5O2. The zero-order valence-corrected chi connectivity index (χ0v) is 15.7. The van der Waals surface area contributed by atoms with Gasteiger partial charge in [0.25, 0.3) is 5.91 Å². The molecule has 27 heavy (non-hydrogen) atoms. The van der Waals surface area contributed by atoms with Gasteiger partial charge in [-0.15, -0.1) is 10.2 Å². The largest absolute Gasteiger partial charge is 0.472 e. The molecule has 2 fully saturated rings. The minimum Gasteiger partial charge on any atom is -0.472 e.